The van der Waals surface area contributed by atoms with Crippen molar-refractivity contribution in [2.45, 2.75) is 72.4 Å². The first-order valence-electron chi connectivity index (χ1n) is 8.45. The molecule has 1 aromatic rings. The highest BCUT2D eigenvalue weighted by atomic mass is 16.5. The fourth-order valence-electron chi connectivity index (χ4n) is 3.00. The maximum atomic E-state index is 5.58. The van der Waals surface area contributed by atoms with E-state index in [1.54, 1.807) is 7.11 Å². The first-order chi connectivity index (χ1) is 10.1. The van der Waals surface area contributed by atoms with Crippen molar-refractivity contribution in [1.29, 1.82) is 0 Å². The van der Waals surface area contributed by atoms with Gasteiger partial charge in [-0.3, -0.25) is 4.68 Å². The van der Waals surface area contributed by atoms with Crippen molar-refractivity contribution in [3.63, 3.8) is 0 Å². The van der Waals surface area contributed by atoms with Crippen molar-refractivity contribution in [2.24, 2.45) is 5.92 Å². The predicted molar refractivity (Wildman–Crippen MR) is 88.9 cm³/mol. The van der Waals surface area contributed by atoms with Crippen molar-refractivity contribution in [3.05, 3.63) is 11.9 Å². The van der Waals surface area contributed by atoms with Gasteiger partial charge in [-0.05, 0) is 32.7 Å². The third-order valence-electron chi connectivity index (χ3n) is 4.15. The molecule has 4 heteroatoms. The Balaban J connectivity index is 3.16. The van der Waals surface area contributed by atoms with E-state index in [1.165, 1.54) is 31.4 Å². The maximum absolute atomic E-state index is 5.58. The van der Waals surface area contributed by atoms with Gasteiger partial charge in [-0.15, -0.1) is 0 Å². The molecule has 0 spiro atoms. The number of hydrogen-bond acceptors (Lipinski definition) is 3. The first kappa shape index (κ1) is 18.0. The summed E-state index contributed by atoms with van der Waals surface area (Å²) in [4.78, 5) is 0. The zero-order valence-corrected chi connectivity index (χ0v) is 14.6. The number of rotatable bonds is 10. The van der Waals surface area contributed by atoms with Crippen molar-refractivity contribution in [1.82, 2.24) is 15.1 Å². The van der Waals surface area contributed by atoms with Crippen LogP contribution in [-0.4, -0.2) is 23.4 Å². The quantitative estimate of drug-likeness (QED) is 0.698. The van der Waals surface area contributed by atoms with Crippen LogP contribution in [0.1, 0.15) is 78.1 Å². The summed E-state index contributed by atoms with van der Waals surface area (Å²) < 4.78 is 7.69. The monoisotopic (exact) mass is 295 g/mol. The molecule has 0 saturated carbocycles. The minimum atomic E-state index is 0.311. The van der Waals surface area contributed by atoms with Crippen LogP contribution in [0.15, 0.2) is 6.20 Å². The summed E-state index contributed by atoms with van der Waals surface area (Å²) in [6, 6.07) is 0.653. The Labute approximate surface area is 130 Å². The lowest BCUT2D eigenvalue weighted by Crippen LogP contribution is -2.31. The number of nitrogens with one attached hydrogen (secondary N) is 1. The minimum absolute atomic E-state index is 0.311. The topological polar surface area (TPSA) is 39.1 Å². The Kier molecular flexibility index (Phi) is 7.79. The molecule has 0 bridgehead atoms. The maximum Gasteiger partial charge on any atom is 0.161 e. The van der Waals surface area contributed by atoms with Crippen LogP contribution < -0.4 is 10.1 Å². The van der Waals surface area contributed by atoms with E-state index in [-0.39, 0.29) is 0 Å². The molecule has 4 nitrogen and oxygen atoms in total. The zero-order valence-electron chi connectivity index (χ0n) is 14.6. The Morgan fingerprint density at radius 1 is 1.29 bits per heavy atom. The van der Waals surface area contributed by atoms with Gasteiger partial charge in [0.1, 0.15) is 0 Å². The van der Waals surface area contributed by atoms with Crippen molar-refractivity contribution < 1.29 is 4.74 Å². The number of nitrogens with zero attached hydrogens (tertiary/aromatic N) is 2. The van der Waals surface area contributed by atoms with E-state index < -0.39 is 0 Å². The molecule has 2 unspecified atom stereocenters. The van der Waals surface area contributed by atoms with Crippen molar-refractivity contribution in [3.8, 4) is 5.75 Å². The van der Waals surface area contributed by atoms with Gasteiger partial charge in [0.2, 0.25) is 0 Å². The van der Waals surface area contributed by atoms with Crippen LogP contribution in [0.3, 0.4) is 0 Å². The Hall–Kier alpha value is -1.03. The third kappa shape index (κ3) is 4.47. The molecule has 21 heavy (non-hydrogen) atoms. The van der Waals surface area contributed by atoms with Crippen LogP contribution in [-0.2, 0) is 0 Å². The van der Waals surface area contributed by atoms with E-state index in [1.807, 2.05) is 6.20 Å². The molecule has 0 aliphatic rings. The Bertz CT molecular complexity index is 401. The lowest BCUT2D eigenvalue weighted by molar-refractivity contribution is 0.294. The van der Waals surface area contributed by atoms with E-state index >= 15 is 0 Å². The molecule has 1 aromatic heterocycles. The summed E-state index contributed by atoms with van der Waals surface area (Å²) in [6.45, 7) is 12.0. The third-order valence-corrected chi connectivity index (χ3v) is 4.15. The van der Waals surface area contributed by atoms with Gasteiger partial charge in [0, 0.05) is 6.04 Å². The average molecular weight is 295 g/mol. The smallest absolute Gasteiger partial charge is 0.161 e. The molecule has 0 aromatic carbocycles. The van der Waals surface area contributed by atoms with Gasteiger partial charge >= 0.3 is 0 Å². The molecular weight excluding hydrogens is 262 g/mol. The van der Waals surface area contributed by atoms with Gasteiger partial charge in [-0.25, -0.2) is 0 Å². The number of methoxy groups -OCH3 is 1. The second-order valence-electron chi connectivity index (χ2n) is 5.98. The molecule has 0 aliphatic carbocycles. The fourth-order valence-corrected chi connectivity index (χ4v) is 3.00. The second kappa shape index (κ2) is 9.08. The summed E-state index contributed by atoms with van der Waals surface area (Å²) in [5.41, 5.74) is 1.21. The van der Waals surface area contributed by atoms with Crippen LogP contribution in [0.5, 0.6) is 5.75 Å². The van der Waals surface area contributed by atoms with E-state index in [4.69, 9.17) is 4.74 Å². The second-order valence-corrected chi connectivity index (χ2v) is 5.98. The Morgan fingerprint density at radius 2 is 2.00 bits per heavy atom. The average Bonchev–Trinajstić information content (AvgIpc) is 2.90. The fraction of sp³-hybridized carbons (Fsp3) is 0.824. The van der Waals surface area contributed by atoms with Crippen LogP contribution in [0, 0.1) is 5.92 Å². The highest BCUT2D eigenvalue weighted by Gasteiger charge is 2.28. The first-order valence-corrected chi connectivity index (χ1v) is 8.45. The van der Waals surface area contributed by atoms with E-state index in [9.17, 15) is 0 Å². The van der Waals surface area contributed by atoms with Gasteiger partial charge in [0.15, 0.2) is 5.75 Å². The van der Waals surface area contributed by atoms with Gasteiger partial charge in [0.05, 0.1) is 25.0 Å². The lowest BCUT2D eigenvalue weighted by Gasteiger charge is -2.29. The molecule has 0 aliphatic heterocycles. The number of unbranched alkanes of at least 4 members (excludes halogenated alkanes) is 1. The summed E-state index contributed by atoms with van der Waals surface area (Å²) >= 11 is 0. The molecule has 0 saturated heterocycles. The van der Waals surface area contributed by atoms with Crippen LogP contribution in [0.2, 0.25) is 0 Å². The molecule has 0 fully saturated rings. The molecule has 1 rings (SSSR count). The standard InChI is InChI=1S/C17H33N3O/c1-7-10-11-14(8-2)16(18-9-3)17-15(21-6)12-19-20(17)13(4)5/h12-14,16,18H,7-11H2,1-6H3. The minimum Gasteiger partial charge on any atom is -0.493 e. The zero-order chi connectivity index (χ0) is 15.8. The van der Waals surface area contributed by atoms with Gasteiger partial charge in [-0.1, -0.05) is 40.0 Å². The Morgan fingerprint density at radius 3 is 2.48 bits per heavy atom. The molecule has 1 heterocycles. The molecule has 0 radical (unpaired) electrons. The molecule has 0 amide bonds. The summed E-state index contributed by atoms with van der Waals surface area (Å²) in [7, 11) is 1.74. The highest BCUT2D eigenvalue weighted by molar-refractivity contribution is 5.29. The normalized spacial score (nSPS) is 14.4. The van der Waals surface area contributed by atoms with Gasteiger partial charge in [0.25, 0.3) is 0 Å². The molecular formula is C17H33N3O. The number of aromatic nitrogens is 2. The van der Waals surface area contributed by atoms with Gasteiger partial charge < -0.3 is 10.1 Å². The van der Waals surface area contributed by atoms with E-state index in [0.717, 1.165) is 12.3 Å². The highest BCUT2D eigenvalue weighted by Crippen LogP contribution is 2.35. The summed E-state index contributed by atoms with van der Waals surface area (Å²) in [5.74, 6) is 1.53. The lowest BCUT2D eigenvalue weighted by atomic mass is 9.88. The summed E-state index contributed by atoms with van der Waals surface area (Å²) in [5, 5.41) is 8.21. The molecule has 122 valence electrons. The number of ether oxygens (including phenoxy) is 1. The van der Waals surface area contributed by atoms with Crippen molar-refractivity contribution >= 4 is 0 Å². The number of hydrogen-bond donors (Lipinski definition) is 1. The van der Waals surface area contributed by atoms with Crippen LogP contribution in [0.4, 0.5) is 0 Å². The summed E-state index contributed by atoms with van der Waals surface area (Å²) in [6.07, 6.45) is 6.79. The van der Waals surface area contributed by atoms with E-state index in [0.29, 0.717) is 18.0 Å². The largest absolute Gasteiger partial charge is 0.493 e. The molecule has 2 atom stereocenters. The SMILES string of the molecule is CCCCC(CC)C(NCC)c1c(OC)cnn1C(C)C. The van der Waals surface area contributed by atoms with Crippen molar-refractivity contribution in [2.75, 3.05) is 13.7 Å². The molecule has 1 N–H and O–H groups in total. The van der Waals surface area contributed by atoms with E-state index in [2.05, 4.69) is 49.7 Å². The van der Waals surface area contributed by atoms with Crippen LogP contribution in [0.25, 0.3) is 0 Å². The predicted octanol–water partition coefficient (Wildman–Crippen LogP) is 4.34. The van der Waals surface area contributed by atoms with Gasteiger partial charge in [-0.2, -0.15) is 5.10 Å². The van der Waals surface area contributed by atoms with Crippen LogP contribution >= 0.6 is 0 Å².